The van der Waals surface area contributed by atoms with Crippen molar-refractivity contribution in [2.24, 2.45) is 9.98 Å². The lowest BCUT2D eigenvalue weighted by Gasteiger charge is -2.02. The highest BCUT2D eigenvalue weighted by atomic mass is 16.1. The van der Waals surface area contributed by atoms with Crippen molar-refractivity contribution < 1.29 is 4.79 Å². The highest BCUT2D eigenvalue weighted by Gasteiger charge is 2.20. The number of hydrogen-bond acceptors (Lipinski definition) is 3. The molecule has 0 radical (unpaired) electrons. The van der Waals surface area contributed by atoms with E-state index in [9.17, 15) is 4.79 Å². The van der Waals surface area contributed by atoms with Gasteiger partial charge in [-0.25, -0.2) is 9.98 Å². The lowest BCUT2D eigenvalue weighted by Crippen LogP contribution is -2.09. The van der Waals surface area contributed by atoms with Crippen molar-refractivity contribution in [1.82, 2.24) is 0 Å². The number of fused-ring (bicyclic) bond motifs is 5. The molecular formula is C19H10N2O. The largest absolute Gasteiger partial charge is 0.298 e. The number of nitrogens with zero attached hydrogens (tertiary/aromatic N) is 2. The quantitative estimate of drug-likeness (QED) is 0.436. The Morgan fingerprint density at radius 3 is 2.55 bits per heavy atom. The molecular weight excluding hydrogens is 272 g/mol. The van der Waals surface area contributed by atoms with Crippen LogP contribution >= 0.6 is 0 Å². The van der Waals surface area contributed by atoms with Crippen LogP contribution in [-0.4, -0.2) is 6.29 Å². The maximum atomic E-state index is 11.7. The van der Waals surface area contributed by atoms with Crippen molar-refractivity contribution in [2.45, 2.75) is 0 Å². The Bertz CT molecular complexity index is 1190. The van der Waals surface area contributed by atoms with E-state index in [1.165, 1.54) is 0 Å². The van der Waals surface area contributed by atoms with Crippen LogP contribution < -0.4 is 10.7 Å². The fourth-order valence-corrected chi connectivity index (χ4v) is 3.29. The molecule has 3 heteroatoms. The molecule has 0 saturated heterocycles. The first kappa shape index (κ1) is 11.6. The lowest BCUT2D eigenvalue weighted by atomic mass is 10.0. The van der Waals surface area contributed by atoms with Crippen LogP contribution in [0.2, 0.25) is 0 Å². The smallest absolute Gasteiger partial charge is 0.154 e. The van der Waals surface area contributed by atoms with E-state index in [1.807, 2.05) is 48.5 Å². The fourth-order valence-electron chi connectivity index (χ4n) is 3.29. The van der Waals surface area contributed by atoms with E-state index in [1.54, 1.807) is 0 Å². The predicted molar refractivity (Wildman–Crippen MR) is 83.0 cm³/mol. The molecule has 0 N–H and O–H groups in total. The van der Waals surface area contributed by atoms with Gasteiger partial charge in [-0.3, -0.25) is 4.79 Å². The highest BCUT2D eigenvalue weighted by Crippen LogP contribution is 2.35. The van der Waals surface area contributed by atoms with Gasteiger partial charge >= 0.3 is 0 Å². The molecule has 3 nitrogen and oxygen atoms in total. The first-order valence-electron chi connectivity index (χ1n) is 7.15. The van der Waals surface area contributed by atoms with Crippen LogP contribution in [0.5, 0.6) is 0 Å². The van der Waals surface area contributed by atoms with Gasteiger partial charge in [0, 0.05) is 21.6 Å². The summed E-state index contributed by atoms with van der Waals surface area (Å²) in [6.45, 7) is 0. The Balaban J connectivity index is 2.05. The van der Waals surface area contributed by atoms with E-state index >= 15 is 0 Å². The van der Waals surface area contributed by atoms with Crippen LogP contribution in [0.3, 0.4) is 0 Å². The zero-order valence-corrected chi connectivity index (χ0v) is 11.6. The minimum Gasteiger partial charge on any atom is -0.298 e. The monoisotopic (exact) mass is 282 g/mol. The molecule has 0 atom stereocenters. The number of hydrogen-bond donors (Lipinski definition) is 0. The van der Waals surface area contributed by atoms with Crippen LogP contribution in [0.25, 0.3) is 11.1 Å². The van der Waals surface area contributed by atoms with Crippen molar-refractivity contribution >= 4 is 17.7 Å². The maximum absolute atomic E-state index is 11.7. The Hall–Kier alpha value is -3.07. The summed E-state index contributed by atoms with van der Waals surface area (Å²) in [7, 11) is 0. The van der Waals surface area contributed by atoms with Crippen molar-refractivity contribution in [1.29, 1.82) is 0 Å². The molecule has 102 valence electrons. The summed E-state index contributed by atoms with van der Waals surface area (Å²) in [5.41, 5.74) is 4.33. The molecule has 5 rings (SSSR count). The topological polar surface area (TPSA) is 41.8 Å². The summed E-state index contributed by atoms with van der Waals surface area (Å²) < 4.78 is 0. The van der Waals surface area contributed by atoms with Gasteiger partial charge in [0.15, 0.2) is 6.29 Å². The second-order valence-electron chi connectivity index (χ2n) is 5.46. The van der Waals surface area contributed by atoms with Crippen LogP contribution in [0.1, 0.15) is 10.4 Å². The Kier molecular flexibility index (Phi) is 2.09. The molecule has 3 aromatic carbocycles. The van der Waals surface area contributed by atoms with E-state index in [-0.39, 0.29) is 0 Å². The third-order valence-corrected chi connectivity index (χ3v) is 4.28. The number of benzene rings is 3. The number of carbonyl (C=O) groups excluding carboxylic acids is 1. The van der Waals surface area contributed by atoms with Crippen LogP contribution in [0.15, 0.2) is 64.6 Å². The Morgan fingerprint density at radius 2 is 1.64 bits per heavy atom. The summed E-state index contributed by atoms with van der Waals surface area (Å²) in [6.07, 6.45) is 0.877. The molecule has 0 fully saturated rings. The van der Waals surface area contributed by atoms with Gasteiger partial charge in [-0.2, -0.15) is 0 Å². The predicted octanol–water partition coefficient (Wildman–Crippen LogP) is 2.98. The molecule has 22 heavy (non-hydrogen) atoms. The average molecular weight is 282 g/mol. The van der Waals surface area contributed by atoms with E-state index < -0.39 is 0 Å². The summed E-state index contributed by atoms with van der Waals surface area (Å²) >= 11 is 0. The third-order valence-electron chi connectivity index (χ3n) is 4.28. The van der Waals surface area contributed by atoms with E-state index in [4.69, 9.17) is 0 Å². The van der Waals surface area contributed by atoms with Crippen LogP contribution in [0.4, 0.5) is 11.4 Å². The minimum absolute atomic E-state index is 0.583. The minimum atomic E-state index is 0.583. The fraction of sp³-hybridized carbons (Fsp3) is 0. The van der Waals surface area contributed by atoms with E-state index in [0.29, 0.717) is 5.56 Å². The molecule has 0 bridgehead atoms. The summed E-state index contributed by atoms with van der Waals surface area (Å²) in [5, 5.41) is 3.75. The second-order valence-corrected chi connectivity index (χ2v) is 5.46. The standard InChI is InChI=1S/C19H10N2O/c22-10-15-18-13(11-5-1-3-7-16(11)20-18)9-14-12-6-2-4-8-17(12)21-19(14)15/h1-10H. The molecule has 0 spiro atoms. The zero-order chi connectivity index (χ0) is 14.7. The van der Waals surface area contributed by atoms with Crippen molar-refractivity contribution in [3.63, 3.8) is 0 Å². The van der Waals surface area contributed by atoms with Crippen molar-refractivity contribution in [3.05, 3.63) is 81.3 Å². The molecule has 3 aromatic rings. The Labute approximate surface area is 125 Å². The molecule has 2 aliphatic rings. The number of carbonyl (C=O) groups is 1. The normalized spacial score (nSPS) is 12.5. The van der Waals surface area contributed by atoms with Gasteiger partial charge < -0.3 is 0 Å². The van der Waals surface area contributed by atoms with Gasteiger partial charge in [-0.1, -0.05) is 36.4 Å². The molecule has 0 unspecified atom stereocenters. The molecule has 2 aliphatic heterocycles. The van der Waals surface area contributed by atoms with Gasteiger partial charge in [-0.05, 0) is 18.2 Å². The second kappa shape index (κ2) is 3.98. The first-order valence-corrected chi connectivity index (χ1v) is 7.15. The summed E-state index contributed by atoms with van der Waals surface area (Å²) in [4.78, 5) is 21.0. The van der Waals surface area contributed by atoms with Gasteiger partial charge in [0.05, 0.1) is 27.7 Å². The average Bonchev–Trinajstić information content (AvgIpc) is 3.11. The number of rotatable bonds is 1. The van der Waals surface area contributed by atoms with Gasteiger partial charge in [0.2, 0.25) is 0 Å². The third kappa shape index (κ3) is 1.33. The van der Waals surface area contributed by atoms with Gasteiger partial charge in [0.25, 0.3) is 0 Å². The van der Waals surface area contributed by atoms with E-state index in [2.05, 4.69) is 16.1 Å². The Morgan fingerprint density at radius 1 is 0.818 bits per heavy atom. The SMILES string of the molecule is O=Cc1c2c(cc3c1=Nc1ccccc1-3)=c1ccccc1=N2. The van der Waals surface area contributed by atoms with Crippen molar-refractivity contribution in [3.8, 4) is 11.1 Å². The van der Waals surface area contributed by atoms with E-state index in [0.717, 1.165) is 49.9 Å². The summed E-state index contributed by atoms with van der Waals surface area (Å²) in [5.74, 6) is 0. The number of para-hydroxylation sites is 2. The maximum Gasteiger partial charge on any atom is 0.154 e. The van der Waals surface area contributed by atoms with Gasteiger partial charge in [0.1, 0.15) is 0 Å². The molecule has 0 aromatic heterocycles. The van der Waals surface area contributed by atoms with Crippen molar-refractivity contribution in [2.75, 3.05) is 0 Å². The molecule has 0 saturated carbocycles. The highest BCUT2D eigenvalue weighted by molar-refractivity contribution is 5.90. The molecule has 0 amide bonds. The number of aldehydes is 1. The molecule has 2 heterocycles. The van der Waals surface area contributed by atoms with Crippen LogP contribution in [0, 0.1) is 10.4 Å². The molecule has 0 aliphatic carbocycles. The van der Waals surface area contributed by atoms with Gasteiger partial charge in [-0.15, -0.1) is 0 Å². The lowest BCUT2D eigenvalue weighted by molar-refractivity contribution is 0.112. The first-order chi connectivity index (χ1) is 10.9. The summed E-state index contributed by atoms with van der Waals surface area (Å²) in [6, 6.07) is 18.1. The zero-order valence-electron chi connectivity index (χ0n) is 11.6. The van der Waals surface area contributed by atoms with Crippen LogP contribution in [-0.2, 0) is 0 Å².